The topological polar surface area (TPSA) is 114 Å². The Morgan fingerprint density at radius 1 is 0.938 bits per heavy atom. The lowest BCUT2D eigenvalue weighted by atomic mass is 10.0. The Kier molecular flexibility index (Phi) is 4.74. The summed E-state index contributed by atoms with van der Waals surface area (Å²) in [5, 5.41) is 2.92. The molecule has 0 bridgehead atoms. The van der Waals surface area contributed by atoms with Crippen molar-refractivity contribution in [3.8, 4) is 0 Å². The predicted molar refractivity (Wildman–Crippen MR) is 119 cm³/mol. The number of benzene rings is 2. The number of ketones is 1. The second-order valence-corrected chi connectivity index (χ2v) is 7.69. The number of rotatable bonds is 5. The molecule has 1 fully saturated rings. The minimum atomic E-state index is -0.584. The molecular formula is C24H18N4O4. The Morgan fingerprint density at radius 2 is 1.69 bits per heavy atom. The number of carbonyl (C=O) groups is 2. The van der Waals surface area contributed by atoms with Crippen LogP contribution in [-0.4, -0.2) is 26.2 Å². The van der Waals surface area contributed by atoms with Crippen LogP contribution in [0.2, 0.25) is 0 Å². The zero-order valence-corrected chi connectivity index (χ0v) is 16.9. The van der Waals surface area contributed by atoms with Gasteiger partial charge >= 0.3 is 5.69 Å². The molecule has 2 aromatic carbocycles. The first-order chi connectivity index (χ1) is 15.5. The number of hydrogen-bond donors (Lipinski definition) is 2. The Hall–Kier alpha value is -4.33. The molecule has 8 heteroatoms. The first kappa shape index (κ1) is 19.6. The molecule has 0 unspecified atom stereocenters. The molecule has 2 heterocycles. The van der Waals surface area contributed by atoms with E-state index < -0.39 is 17.2 Å². The van der Waals surface area contributed by atoms with Gasteiger partial charge in [-0.2, -0.15) is 0 Å². The van der Waals surface area contributed by atoms with Crippen molar-refractivity contribution < 1.29 is 9.59 Å². The van der Waals surface area contributed by atoms with Crippen LogP contribution in [0.25, 0.3) is 11.0 Å². The number of anilines is 1. The quantitative estimate of drug-likeness (QED) is 0.476. The fourth-order valence-corrected chi connectivity index (χ4v) is 3.63. The first-order valence-electron chi connectivity index (χ1n) is 10.2. The van der Waals surface area contributed by atoms with Crippen LogP contribution < -0.4 is 16.6 Å². The minimum Gasteiger partial charge on any atom is -0.322 e. The third-order valence-corrected chi connectivity index (χ3v) is 5.37. The van der Waals surface area contributed by atoms with Gasteiger partial charge in [-0.3, -0.25) is 23.9 Å². The van der Waals surface area contributed by atoms with Crippen molar-refractivity contribution in [2.75, 3.05) is 5.32 Å². The zero-order valence-electron chi connectivity index (χ0n) is 16.9. The average molecular weight is 426 g/mol. The van der Waals surface area contributed by atoms with Crippen molar-refractivity contribution in [1.82, 2.24) is 14.5 Å². The molecule has 0 saturated heterocycles. The van der Waals surface area contributed by atoms with Gasteiger partial charge in [0.1, 0.15) is 5.65 Å². The normalized spacial score (nSPS) is 13.1. The van der Waals surface area contributed by atoms with Crippen LogP contribution in [0, 0.1) is 0 Å². The van der Waals surface area contributed by atoms with E-state index in [2.05, 4.69) is 15.3 Å². The van der Waals surface area contributed by atoms with Gasteiger partial charge < -0.3 is 5.32 Å². The van der Waals surface area contributed by atoms with Gasteiger partial charge in [-0.25, -0.2) is 9.78 Å². The zero-order chi connectivity index (χ0) is 22.2. The van der Waals surface area contributed by atoms with Crippen LogP contribution in [0.5, 0.6) is 0 Å². The summed E-state index contributed by atoms with van der Waals surface area (Å²) < 4.78 is 1.47. The molecule has 0 radical (unpaired) electrons. The molecule has 2 N–H and O–H groups in total. The third kappa shape index (κ3) is 3.62. The molecule has 8 nitrogen and oxygen atoms in total. The van der Waals surface area contributed by atoms with Crippen molar-refractivity contribution in [3.05, 3.63) is 104 Å². The van der Waals surface area contributed by atoms with E-state index in [9.17, 15) is 19.2 Å². The van der Waals surface area contributed by atoms with Crippen LogP contribution in [0.15, 0.2) is 76.4 Å². The van der Waals surface area contributed by atoms with E-state index in [0.717, 1.165) is 12.8 Å². The number of nitrogens with one attached hydrogen (secondary N) is 2. The SMILES string of the molecule is O=C(Nc1cccc(C(=O)c2ccccc2)c1)c1cnc2c(c1)c(=O)[nH]c(=O)n2C1CC1. The van der Waals surface area contributed by atoms with Gasteiger partial charge in [-0.15, -0.1) is 0 Å². The monoisotopic (exact) mass is 426 g/mol. The average Bonchev–Trinajstić information content (AvgIpc) is 3.64. The highest BCUT2D eigenvalue weighted by Gasteiger charge is 2.27. The van der Waals surface area contributed by atoms with E-state index in [1.54, 1.807) is 48.5 Å². The fourth-order valence-electron chi connectivity index (χ4n) is 3.63. The first-order valence-corrected chi connectivity index (χ1v) is 10.2. The van der Waals surface area contributed by atoms with E-state index in [0.29, 0.717) is 16.8 Å². The van der Waals surface area contributed by atoms with E-state index in [-0.39, 0.29) is 28.4 Å². The summed E-state index contributed by atoms with van der Waals surface area (Å²) >= 11 is 0. The molecule has 0 spiro atoms. The summed E-state index contributed by atoms with van der Waals surface area (Å²) in [7, 11) is 0. The van der Waals surface area contributed by atoms with Crippen molar-refractivity contribution in [2.45, 2.75) is 18.9 Å². The summed E-state index contributed by atoms with van der Waals surface area (Å²) in [4.78, 5) is 56.5. The Bertz CT molecular complexity index is 1480. The van der Waals surface area contributed by atoms with Crippen LogP contribution in [0.3, 0.4) is 0 Å². The molecule has 1 aliphatic rings. The van der Waals surface area contributed by atoms with Crippen molar-refractivity contribution >= 4 is 28.4 Å². The van der Waals surface area contributed by atoms with E-state index in [4.69, 9.17) is 0 Å². The second kappa shape index (κ2) is 7.73. The Balaban J connectivity index is 1.44. The highest BCUT2D eigenvalue weighted by Crippen LogP contribution is 2.34. The molecule has 0 aliphatic heterocycles. The lowest BCUT2D eigenvalue weighted by Gasteiger charge is -2.10. The molecular weight excluding hydrogens is 408 g/mol. The summed E-state index contributed by atoms with van der Waals surface area (Å²) in [6.45, 7) is 0. The fraction of sp³-hybridized carbons (Fsp3) is 0.125. The maximum atomic E-state index is 12.8. The molecule has 158 valence electrons. The molecule has 2 aromatic heterocycles. The van der Waals surface area contributed by atoms with Crippen LogP contribution in [0.4, 0.5) is 5.69 Å². The van der Waals surface area contributed by atoms with Crippen LogP contribution >= 0.6 is 0 Å². The lowest BCUT2D eigenvalue weighted by molar-refractivity contribution is 0.102. The van der Waals surface area contributed by atoms with Crippen molar-refractivity contribution in [2.24, 2.45) is 0 Å². The van der Waals surface area contributed by atoms with Gasteiger partial charge in [0.2, 0.25) is 0 Å². The highest BCUT2D eigenvalue weighted by atomic mass is 16.2. The number of amides is 1. The number of pyridine rings is 1. The maximum absolute atomic E-state index is 12.8. The molecule has 1 amide bonds. The van der Waals surface area contributed by atoms with Gasteiger partial charge in [0, 0.05) is 29.1 Å². The summed E-state index contributed by atoms with van der Waals surface area (Å²) in [6, 6.07) is 17.0. The molecule has 1 saturated carbocycles. The number of H-pyrrole nitrogens is 1. The summed E-state index contributed by atoms with van der Waals surface area (Å²) in [5.41, 5.74) is 0.797. The Morgan fingerprint density at radius 3 is 2.44 bits per heavy atom. The van der Waals surface area contributed by atoms with Gasteiger partial charge in [0.25, 0.3) is 11.5 Å². The number of carbonyl (C=O) groups excluding carboxylic acids is 2. The molecule has 0 atom stereocenters. The van der Waals surface area contributed by atoms with Crippen LogP contribution in [0.1, 0.15) is 45.2 Å². The Labute approximate surface area is 181 Å². The summed E-state index contributed by atoms with van der Waals surface area (Å²) in [6.07, 6.45) is 3.04. The van der Waals surface area contributed by atoms with Gasteiger partial charge in [0.15, 0.2) is 5.78 Å². The van der Waals surface area contributed by atoms with Gasteiger partial charge in [-0.1, -0.05) is 42.5 Å². The highest BCUT2D eigenvalue weighted by molar-refractivity contribution is 6.10. The lowest BCUT2D eigenvalue weighted by Crippen LogP contribution is -2.30. The standard InChI is InChI=1S/C24H18N4O4/c29-20(14-5-2-1-3-6-14)15-7-4-8-17(11-15)26-22(30)16-12-19-21(25-13-16)28(18-9-10-18)24(32)27-23(19)31/h1-8,11-13,18H,9-10H2,(H,26,30)(H,27,31,32). The van der Waals surface area contributed by atoms with Gasteiger partial charge in [-0.05, 0) is 31.0 Å². The molecule has 5 rings (SSSR count). The van der Waals surface area contributed by atoms with E-state index in [1.807, 2.05) is 6.07 Å². The number of hydrogen-bond acceptors (Lipinski definition) is 5. The van der Waals surface area contributed by atoms with E-state index >= 15 is 0 Å². The number of fused-ring (bicyclic) bond motifs is 1. The molecule has 32 heavy (non-hydrogen) atoms. The number of nitrogens with zero attached hydrogens (tertiary/aromatic N) is 2. The summed E-state index contributed by atoms with van der Waals surface area (Å²) in [5.74, 6) is -0.633. The third-order valence-electron chi connectivity index (χ3n) is 5.37. The smallest absolute Gasteiger partial charge is 0.322 e. The second-order valence-electron chi connectivity index (χ2n) is 7.69. The van der Waals surface area contributed by atoms with Crippen molar-refractivity contribution in [3.63, 3.8) is 0 Å². The predicted octanol–water partition coefficient (Wildman–Crippen LogP) is 2.90. The largest absolute Gasteiger partial charge is 0.330 e. The van der Waals surface area contributed by atoms with Gasteiger partial charge in [0.05, 0.1) is 10.9 Å². The van der Waals surface area contributed by atoms with Crippen LogP contribution in [-0.2, 0) is 0 Å². The molecule has 1 aliphatic carbocycles. The van der Waals surface area contributed by atoms with Crippen molar-refractivity contribution in [1.29, 1.82) is 0 Å². The maximum Gasteiger partial charge on any atom is 0.330 e. The van der Waals surface area contributed by atoms with E-state index in [1.165, 1.54) is 16.8 Å². The minimum absolute atomic E-state index is 0.0268. The molecule has 4 aromatic rings. The number of aromatic nitrogens is 3. The number of aromatic amines is 1.